The van der Waals surface area contributed by atoms with Crippen molar-refractivity contribution in [3.05, 3.63) is 47.3 Å². The molecule has 1 aromatic heterocycles. The summed E-state index contributed by atoms with van der Waals surface area (Å²) in [6.07, 6.45) is 0. The molecule has 2 aromatic rings. The first-order valence-electron chi connectivity index (χ1n) is 6.09. The second kappa shape index (κ2) is 5.97. The Balaban J connectivity index is 2.12. The van der Waals surface area contributed by atoms with E-state index in [1.807, 2.05) is 31.2 Å². The van der Waals surface area contributed by atoms with Crippen LogP contribution in [0.3, 0.4) is 0 Å². The lowest BCUT2D eigenvalue weighted by atomic mass is 10.2. The number of aromatic nitrogens is 1. The van der Waals surface area contributed by atoms with Gasteiger partial charge in [-0.15, -0.1) is 11.8 Å². The number of methoxy groups -OCH3 is 1. The highest BCUT2D eigenvalue weighted by molar-refractivity contribution is 7.98. The Labute approximate surface area is 118 Å². The van der Waals surface area contributed by atoms with E-state index < -0.39 is 0 Å². The van der Waals surface area contributed by atoms with Crippen molar-refractivity contribution in [1.82, 2.24) is 4.98 Å². The zero-order valence-electron chi connectivity index (χ0n) is 11.4. The van der Waals surface area contributed by atoms with Crippen molar-refractivity contribution in [2.45, 2.75) is 24.5 Å². The van der Waals surface area contributed by atoms with Gasteiger partial charge < -0.3 is 10.5 Å². The van der Waals surface area contributed by atoms with Crippen molar-refractivity contribution in [2.75, 3.05) is 12.8 Å². The number of thioether (sulfide) groups is 1. The molecule has 0 atom stereocenters. The van der Waals surface area contributed by atoms with Gasteiger partial charge in [-0.2, -0.15) is 0 Å². The number of pyridine rings is 1. The van der Waals surface area contributed by atoms with Crippen LogP contribution >= 0.6 is 11.8 Å². The zero-order valence-corrected chi connectivity index (χ0v) is 12.3. The highest BCUT2D eigenvalue weighted by Gasteiger charge is 2.04. The summed E-state index contributed by atoms with van der Waals surface area (Å²) in [4.78, 5) is 5.75. The highest BCUT2D eigenvalue weighted by Crippen LogP contribution is 2.27. The summed E-state index contributed by atoms with van der Waals surface area (Å²) in [5.41, 5.74) is 9.76. The minimum atomic E-state index is 0.803. The topological polar surface area (TPSA) is 48.1 Å². The first-order chi connectivity index (χ1) is 9.08. The lowest BCUT2D eigenvalue weighted by Crippen LogP contribution is -1.94. The molecule has 0 saturated carbocycles. The number of hydrogen-bond acceptors (Lipinski definition) is 4. The molecule has 100 valence electrons. The summed E-state index contributed by atoms with van der Waals surface area (Å²) in [6.45, 7) is 4.05. The van der Waals surface area contributed by atoms with E-state index in [9.17, 15) is 0 Å². The molecule has 2 rings (SSSR count). The van der Waals surface area contributed by atoms with Gasteiger partial charge in [0.25, 0.3) is 0 Å². The summed E-state index contributed by atoms with van der Waals surface area (Å²) in [5.74, 6) is 1.68. The van der Waals surface area contributed by atoms with Crippen molar-refractivity contribution < 1.29 is 4.74 Å². The molecule has 0 radical (unpaired) electrons. The number of nitrogens with two attached hydrogens (primary N) is 1. The Morgan fingerprint density at radius 3 is 2.68 bits per heavy atom. The Morgan fingerprint density at radius 2 is 2.00 bits per heavy atom. The first kappa shape index (κ1) is 13.7. The average molecular weight is 274 g/mol. The van der Waals surface area contributed by atoms with Crippen LogP contribution in [-0.2, 0) is 5.75 Å². The molecule has 0 bridgehead atoms. The van der Waals surface area contributed by atoms with Gasteiger partial charge in [0.15, 0.2) is 0 Å². The van der Waals surface area contributed by atoms with E-state index in [-0.39, 0.29) is 0 Å². The maximum absolute atomic E-state index is 5.75. The molecule has 1 aromatic carbocycles. The van der Waals surface area contributed by atoms with Crippen LogP contribution < -0.4 is 10.5 Å². The summed E-state index contributed by atoms with van der Waals surface area (Å²) < 4.78 is 5.26. The maximum atomic E-state index is 5.75. The van der Waals surface area contributed by atoms with Crippen LogP contribution in [0.4, 0.5) is 5.69 Å². The van der Waals surface area contributed by atoms with E-state index in [1.165, 1.54) is 10.5 Å². The van der Waals surface area contributed by atoms with Gasteiger partial charge in [-0.3, -0.25) is 4.98 Å². The van der Waals surface area contributed by atoms with Crippen LogP contribution in [0.2, 0.25) is 0 Å². The molecule has 0 unspecified atom stereocenters. The molecule has 4 heteroatoms. The van der Waals surface area contributed by atoms with Crippen molar-refractivity contribution in [1.29, 1.82) is 0 Å². The molecule has 0 amide bonds. The minimum Gasteiger partial charge on any atom is -0.497 e. The van der Waals surface area contributed by atoms with Crippen LogP contribution in [0.25, 0.3) is 0 Å². The molecule has 1 heterocycles. The normalized spacial score (nSPS) is 10.5. The van der Waals surface area contributed by atoms with Gasteiger partial charge in [-0.25, -0.2) is 0 Å². The van der Waals surface area contributed by atoms with E-state index in [2.05, 4.69) is 18.0 Å². The van der Waals surface area contributed by atoms with E-state index in [0.717, 1.165) is 28.6 Å². The molecule has 3 nitrogen and oxygen atoms in total. The number of aryl methyl sites for hydroxylation is 2. The summed E-state index contributed by atoms with van der Waals surface area (Å²) in [6, 6.07) is 9.89. The second-order valence-corrected chi connectivity index (χ2v) is 5.47. The van der Waals surface area contributed by atoms with E-state index in [4.69, 9.17) is 10.5 Å². The van der Waals surface area contributed by atoms with Crippen LogP contribution in [0.5, 0.6) is 5.75 Å². The van der Waals surface area contributed by atoms with Crippen molar-refractivity contribution in [2.24, 2.45) is 0 Å². The summed E-state index contributed by atoms with van der Waals surface area (Å²) in [7, 11) is 1.68. The number of ether oxygens (including phenoxy) is 1. The van der Waals surface area contributed by atoms with Gasteiger partial charge in [0.2, 0.25) is 0 Å². The standard InChI is InChI=1S/C15H18N2OS/c1-10-6-12(16)4-5-15(10)19-9-13-8-14(18-3)7-11(2)17-13/h4-8H,9,16H2,1-3H3. The maximum Gasteiger partial charge on any atom is 0.122 e. The van der Waals surface area contributed by atoms with E-state index >= 15 is 0 Å². The van der Waals surface area contributed by atoms with Gasteiger partial charge in [-0.05, 0) is 37.6 Å². The molecule has 2 N–H and O–H groups in total. The van der Waals surface area contributed by atoms with Crippen molar-refractivity contribution in [3.63, 3.8) is 0 Å². The van der Waals surface area contributed by atoms with E-state index in [0.29, 0.717) is 0 Å². The molecule has 0 aliphatic heterocycles. The smallest absolute Gasteiger partial charge is 0.122 e. The third kappa shape index (κ3) is 3.64. The summed E-state index contributed by atoms with van der Waals surface area (Å²) in [5, 5.41) is 0. The number of hydrogen-bond donors (Lipinski definition) is 1. The lowest BCUT2D eigenvalue weighted by Gasteiger charge is -2.08. The van der Waals surface area contributed by atoms with Crippen LogP contribution in [-0.4, -0.2) is 12.1 Å². The molecular formula is C15H18N2OS. The van der Waals surface area contributed by atoms with Crippen LogP contribution in [0.15, 0.2) is 35.2 Å². The van der Waals surface area contributed by atoms with Gasteiger partial charge in [0.05, 0.1) is 12.8 Å². The van der Waals surface area contributed by atoms with E-state index in [1.54, 1.807) is 18.9 Å². The van der Waals surface area contributed by atoms with Gasteiger partial charge in [0, 0.05) is 34.2 Å². The average Bonchev–Trinajstić information content (AvgIpc) is 2.37. The summed E-state index contributed by atoms with van der Waals surface area (Å²) >= 11 is 1.76. The van der Waals surface area contributed by atoms with Gasteiger partial charge in [-0.1, -0.05) is 0 Å². The number of nitrogen functional groups attached to an aromatic ring is 1. The Kier molecular flexibility index (Phi) is 4.32. The fourth-order valence-electron chi connectivity index (χ4n) is 1.88. The minimum absolute atomic E-state index is 0.803. The number of benzene rings is 1. The molecule has 0 saturated heterocycles. The third-order valence-electron chi connectivity index (χ3n) is 2.79. The Hall–Kier alpha value is -1.68. The zero-order chi connectivity index (χ0) is 13.8. The predicted molar refractivity (Wildman–Crippen MR) is 80.7 cm³/mol. The number of anilines is 1. The molecule has 0 fully saturated rings. The monoisotopic (exact) mass is 274 g/mol. The molecule has 0 aliphatic rings. The van der Waals surface area contributed by atoms with Crippen molar-refractivity contribution in [3.8, 4) is 5.75 Å². The Morgan fingerprint density at radius 1 is 1.21 bits per heavy atom. The van der Waals surface area contributed by atoms with Crippen molar-refractivity contribution >= 4 is 17.4 Å². The Bertz CT molecular complexity index is 584. The third-order valence-corrected chi connectivity index (χ3v) is 4.00. The first-order valence-corrected chi connectivity index (χ1v) is 7.07. The highest BCUT2D eigenvalue weighted by atomic mass is 32.2. The largest absolute Gasteiger partial charge is 0.497 e. The van der Waals surface area contributed by atoms with Gasteiger partial charge in [0.1, 0.15) is 5.75 Å². The number of rotatable bonds is 4. The van der Waals surface area contributed by atoms with Crippen LogP contribution in [0, 0.1) is 13.8 Å². The SMILES string of the molecule is COc1cc(C)nc(CSc2ccc(N)cc2C)c1. The lowest BCUT2D eigenvalue weighted by molar-refractivity contribution is 0.413. The molecule has 0 aliphatic carbocycles. The molecule has 19 heavy (non-hydrogen) atoms. The predicted octanol–water partition coefficient (Wildman–Crippen LogP) is 3.58. The quantitative estimate of drug-likeness (QED) is 0.684. The fraction of sp³-hybridized carbons (Fsp3) is 0.267. The van der Waals surface area contributed by atoms with Gasteiger partial charge >= 0.3 is 0 Å². The molecular weight excluding hydrogens is 256 g/mol. The number of nitrogens with zero attached hydrogens (tertiary/aromatic N) is 1. The van der Waals surface area contributed by atoms with Crippen LogP contribution in [0.1, 0.15) is 17.0 Å². The fourth-order valence-corrected chi connectivity index (χ4v) is 2.78. The molecule has 0 spiro atoms. The second-order valence-electron chi connectivity index (χ2n) is 4.45.